The molecule has 0 N–H and O–H groups in total. The Morgan fingerprint density at radius 2 is 2.45 bits per heavy atom. The number of esters is 1. The molecular weight excluding hydrogens is 148 g/mol. The van der Waals surface area contributed by atoms with Gasteiger partial charge in [0.1, 0.15) is 6.10 Å². The number of carbonyl (C=O) groups is 1. The maximum absolute atomic E-state index is 10.8. The van der Waals surface area contributed by atoms with Gasteiger partial charge in [-0.1, -0.05) is 0 Å². The van der Waals surface area contributed by atoms with Crippen molar-refractivity contribution in [1.29, 1.82) is 0 Å². The molecular formula is C7H10O4. The molecule has 0 amide bonds. The van der Waals surface area contributed by atoms with E-state index in [1.807, 2.05) is 0 Å². The van der Waals surface area contributed by atoms with Crippen molar-refractivity contribution in [2.45, 2.75) is 18.8 Å². The Bertz CT molecular complexity index is 179. The zero-order valence-electron chi connectivity index (χ0n) is 6.28. The zero-order chi connectivity index (χ0) is 7.84. The number of fused-ring (bicyclic) bond motifs is 1. The Hall–Kier alpha value is -0.610. The van der Waals surface area contributed by atoms with E-state index in [2.05, 4.69) is 0 Å². The van der Waals surface area contributed by atoms with E-state index in [1.165, 1.54) is 0 Å². The number of methoxy groups -OCH3 is 1. The highest BCUT2D eigenvalue weighted by Gasteiger charge is 2.46. The van der Waals surface area contributed by atoms with Gasteiger partial charge in [-0.05, 0) is 0 Å². The first-order valence-electron chi connectivity index (χ1n) is 3.65. The molecule has 0 radical (unpaired) electrons. The van der Waals surface area contributed by atoms with Crippen LogP contribution in [0.25, 0.3) is 0 Å². The summed E-state index contributed by atoms with van der Waals surface area (Å²) < 4.78 is 15.2. The van der Waals surface area contributed by atoms with Gasteiger partial charge in [0.2, 0.25) is 0 Å². The van der Waals surface area contributed by atoms with Crippen molar-refractivity contribution in [2.24, 2.45) is 5.92 Å². The highest BCUT2D eigenvalue weighted by atomic mass is 16.7. The van der Waals surface area contributed by atoms with Crippen LogP contribution in [-0.4, -0.2) is 32.1 Å². The van der Waals surface area contributed by atoms with Crippen LogP contribution in [0.5, 0.6) is 0 Å². The minimum Gasteiger partial charge on any atom is -0.459 e. The molecule has 0 aromatic rings. The van der Waals surface area contributed by atoms with E-state index in [0.29, 0.717) is 13.0 Å². The van der Waals surface area contributed by atoms with Crippen LogP contribution in [-0.2, 0) is 19.0 Å². The molecule has 3 atom stereocenters. The van der Waals surface area contributed by atoms with Crippen molar-refractivity contribution < 1.29 is 19.0 Å². The van der Waals surface area contributed by atoms with E-state index in [9.17, 15) is 4.79 Å². The van der Waals surface area contributed by atoms with Gasteiger partial charge in [0.05, 0.1) is 18.9 Å². The van der Waals surface area contributed by atoms with E-state index >= 15 is 0 Å². The normalized spacial score (nSPS) is 42.3. The van der Waals surface area contributed by atoms with Crippen LogP contribution in [0, 0.1) is 5.92 Å². The molecule has 0 unspecified atom stereocenters. The summed E-state index contributed by atoms with van der Waals surface area (Å²) in [6.45, 7) is 0.481. The lowest BCUT2D eigenvalue weighted by Gasteiger charge is -2.11. The van der Waals surface area contributed by atoms with Gasteiger partial charge < -0.3 is 14.2 Å². The minimum atomic E-state index is -0.244. The zero-order valence-corrected chi connectivity index (χ0v) is 6.28. The Labute approximate surface area is 64.4 Å². The van der Waals surface area contributed by atoms with E-state index in [1.54, 1.807) is 7.11 Å². The monoisotopic (exact) mass is 158 g/mol. The molecule has 4 heteroatoms. The smallest absolute Gasteiger partial charge is 0.306 e. The lowest BCUT2D eigenvalue weighted by Crippen LogP contribution is -2.20. The summed E-state index contributed by atoms with van der Waals surface area (Å²) in [5.41, 5.74) is 0. The number of hydrogen-bond acceptors (Lipinski definition) is 4. The van der Waals surface area contributed by atoms with E-state index in [4.69, 9.17) is 14.2 Å². The molecule has 0 bridgehead atoms. The van der Waals surface area contributed by atoms with Crippen molar-refractivity contribution >= 4 is 5.97 Å². The Balaban J connectivity index is 2.07. The lowest BCUT2D eigenvalue weighted by molar-refractivity contribution is -0.146. The van der Waals surface area contributed by atoms with Gasteiger partial charge >= 0.3 is 5.97 Å². The number of ether oxygens (including phenoxy) is 3. The quantitative estimate of drug-likeness (QED) is 0.501. The van der Waals surface area contributed by atoms with Crippen molar-refractivity contribution in [1.82, 2.24) is 0 Å². The van der Waals surface area contributed by atoms with Gasteiger partial charge in [0.25, 0.3) is 0 Å². The average molecular weight is 158 g/mol. The minimum absolute atomic E-state index is 0.0625. The maximum atomic E-state index is 10.8. The Morgan fingerprint density at radius 3 is 3.18 bits per heavy atom. The van der Waals surface area contributed by atoms with Crippen LogP contribution < -0.4 is 0 Å². The van der Waals surface area contributed by atoms with Gasteiger partial charge in [-0.3, -0.25) is 4.79 Å². The van der Waals surface area contributed by atoms with Gasteiger partial charge in [-0.2, -0.15) is 0 Å². The first-order chi connectivity index (χ1) is 5.31. The van der Waals surface area contributed by atoms with Crippen LogP contribution in [0.4, 0.5) is 0 Å². The standard InChI is InChI=1S/C7H10O4/c1-9-7-4-2-6(8)11-5(4)3-10-7/h4-5,7H,2-3H2,1H3/t4-,5-,7+/m1/s1. The molecule has 11 heavy (non-hydrogen) atoms. The molecule has 2 aliphatic heterocycles. The van der Waals surface area contributed by atoms with Crippen molar-refractivity contribution in [3.05, 3.63) is 0 Å². The van der Waals surface area contributed by atoms with Crippen LogP contribution in [0.15, 0.2) is 0 Å². The van der Waals surface area contributed by atoms with Gasteiger partial charge in [0.15, 0.2) is 6.29 Å². The molecule has 2 fully saturated rings. The van der Waals surface area contributed by atoms with Gasteiger partial charge in [-0.15, -0.1) is 0 Å². The highest BCUT2D eigenvalue weighted by molar-refractivity contribution is 5.72. The number of carbonyl (C=O) groups excluding carboxylic acids is 1. The molecule has 0 aromatic carbocycles. The first kappa shape index (κ1) is 7.06. The summed E-state index contributed by atoms with van der Waals surface area (Å²) in [7, 11) is 1.58. The Kier molecular flexibility index (Phi) is 1.58. The van der Waals surface area contributed by atoms with Gasteiger partial charge in [0, 0.05) is 7.11 Å². The first-order valence-corrected chi connectivity index (χ1v) is 3.65. The summed E-state index contributed by atoms with van der Waals surface area (Å²) >= 11 is 0. The molecule has 2 saturated heterocycles. The fourth-order valence-corrected chi connectivity index (χ4v) is 1.61. The third kappa shape index (κ3) is 1.02. The summed E-state index contributed by atoms with van der Waals surface area (Å²) in [6.07, 6.45) is 0.127. The van der Waals surface area contributed by atoms with E-state index in [-0.39, 0.29) is 24.3 Å². The molecule has 2 rings (SSSR count). The van der Waals surface area contributed by atoms with E-state index < -0.39 is 0 Å². The molecule has 4 nitrogen and oxygen atoms in total. The largest absolute Gasteiger partial charge is 0.459 e. The molecule has 0 aliphatic carbocycles. The predicted molar refractivity (Wildman–Crippen MR) is 34.7 cm³/mol. The summed E-state index contributed by atoms with van der Waals surface area (Å²) in [5.74, 6) is -0.0159. The van der Waals surface area contributed by atoms with Crippen LogP contribution in [0.1, 0.15) is 6.42 Å². The SMILES string of the molecule is CO[C@H]1OC[C@H]2OC(=O)C[C@@H]12. The van der Waals surface area contributed by atoms with E-state index in [0.717, 1.165) is 0 Å². The van der Waals surface area contributed by atoms with Crippen LogP contribution >= 0.6 is 0 Å². The second-order valence-corrected chi connectivity index (χ2v) is 2.83. The lowest BCUT2D eigenvalue weighted by atomic mass is 10.0. The molecule has 62 valence electrons. The molecule has 0 aromatic heterocycles. The summed E-state index contributed by atoms with van der Waals surface area (Å²) in [6, 6.07) is 0. The second kappa shape index (κ2) is 2.46. The third-order valence-corrected chi connectivity index (χ3v) is 2.17. The van der Waals surface area contributed by atoms with Gasteiger partial charge in [-0.25, -0.2) is 0 Å². The molecule has 0 spiro atoms. The topological polar surface area (TPSA) is 44.8 Å². The van der Waals surface area contributed by atoms with Crippen molar-refractivity contribution in [3.8, 4) is 0 Å². The fourth-order valence-electron chi connectivity index (χ4n) is 1.61. The summed E-state index contributed by atoms with van der Waals surface area (Å²) in [4.78, 5) is 10.8. The maximum Gasteiger partial charge on any atom is 0.306 e. The van der Waals surface area contributed by atoms with Crippen LogP contribution in [0.3, 0.4) is 0 Å². The fraction of sp³-hybridized carbons (Fsp3) is 0.857. The Morgan fingerprint density at radius 1 is 1.64 bits per heavy atom. The van der Waals surface area contributed by atoms with Crippen molar-refractivity contribution in [3.63, 3.8) is 0 Å². The van der Waals surface area contributed by atoms with Crippen molar-refractivity contribution in [2.75, 3.05) is 13.7 Å². The molecule has 0 saturated carbocycles. The number of rotatable bonds is 1. The number of hydrogen-bond donors (Lipinski definition) is 0. The second-order valence-electron chi connectivity index (χ2n) is 2.83. The third-order valence-electron chi connectivity index (χ3n) is 2.17. The predicted octanol–water partition coefficient (Wildman–Crippen LogP) is -0.0792. The molecule has 2 heterocycles. The average Bonchev–Trinajstić information content (AvgIpc) is 2.45. The summed E-state index contributed by atoms with van der Waals surface area (Å²) in [5, 5.41) is 0. The highest BCUT2D eigenvalue weighted by Crippen LogP contribution is 2.33. The molecule has 2 aliphatic rings. The van der Waals surface area contributed by atoms with Crippen LogP contribution in [0.2, 0.25) is 0 Å².